The second-order valence-corrected chi connectivity index (χ2v) is 34.1. The highest BCUT2D eigenvalue weighted by Crippen LogP contribution is 2.45. The van der Waals surface area contributed by atoms with Gasteiger partial charge < -0.3 is 33.8 Å². The number of ether oxygens (including phenoxy) is 4. The third-order valence-electron chi connectivity index (χ3n) is 20.6. The lowest BCUT2D eigenvalue weighted by Crippen LogP contribution is -2.30. The quantitative estimate of drug-likeness (QED) is 0.0222. The van der Waals surface area contributed by atoms with Crippen molar-refractivity contribution >= 4 is 39.5 Å². The van der Waals surface area contributed by atoms with Crippen LogP contribution in [0.3, 0.4) is 0 Å². The van der Waals surface area contributed by atoms with E-state index in [0.717, 1.165) is 109 Å². The normalized spacial score (nSPS) is 14.0. The van der Waals surface area contributed by atoms with Crippen molar-refractivity contribution in [2.75, 3.05) is 39.6 Å². The molecule has 0 aromatic carbocycles. The fraction of sp³-hybridized carbons (Fsp3) is 0.953. The molecule has 0 rings (SSSR count). The zero-order valence-electron chi connectivity index (χ0n) is 68.9. The van der Waals surface area contributed by atoms with E-state index in [-0.39, 0.29) is 25.7 Å². The molecule has 0 fully saturated rings. The average molecular weight is 1540 g/mol. The van der Waals surface area contributed by atoms with Gasteiger partial charge in [-0.3, -0.25) is 37.3 Å². The second kappa shape index (κ2) is 78.7. The summed E-state index contributed by atoms with van der Waals surface area (Å²) in [6.07, 6.45) is 72.4. The summed E-state index contributed by atoms with van der Waals surface area (Å²) in [6.45, 7) is 7.38. The van der Waals surface area contributed by atoms with E-state index >= 15 is 0 Å². The molecule has 3 unspecified atom stereocenters. The van der Waals surface area contributed by atoms with E-state index in [1.807, 2.05) is 0 Å². The van der Waals surface area contributed by atoms with Gasteiger partial charge in [-0.25, -0.2) is 9.13 Å². The number of carbonyl (C=O) groups excluding carboxylic acids is 4. The Balaban J connectivity index is 5.15. The first-order chi connectivity index (χ1) is 51.1. The number of carbonyl (C=O) groups is 4. The van der Waals surface area contributed by atoms with Crippen LogP contribution >= 0.6 is 15.6 Å². The lowest BCUT2D eigenvalue weighted by Gasteiger charge is -2.21. The minimum atomic E-state index is -4.96. The lowest BCUT2D eigenvalue weighted by atomic mass is 9.99. The Morgan fingerprint density at radius 3 is 0.676 bits per heavy atom. The summed E-state index contributed by atoms with van der Waals surface area (Å²) in [5.41, 5.74) is 0. The summed E-state index contributed by atoms with van der Waals surface area (Å²) < 4.78 is 68.8. The molecule has 17 nitrogen and oxygen atoms in total. The Morgan fingerprint density at radius 2 is 0.457 bits per heavy atom. The van der Waals surface area contributed by atoms with Gasteiger partial charge in [0, 0.05) is 25.7 Å². The number of rotatable bonds is 86. The first-order valence-electron chi connectivity index (χ1n) is 44.7. The third kappa shape index (κ3) is 78.5. The van der Waals surface area contributed by atoms with Gasteiger partial charge in [0.2, 0.25) is 0 Å². The third-order valence-corrected chi connectivity index (χ3v) is 22.5. The SMILES string of the molecule is CCCCCCCCCCCCCCCCCCCCCCCCC(=O)O[C@H](COC(=O)CCCCCCCCCCCCCCCCC(C)CC)COP(=O)(O)OC[C@@H](O)COP(=O)(O)OC[C@@H](COC(=O)CCCCCCCCC)OC(=O)CCCCCCCCCCCCCCCCCCCC. The Kier molecular flexibility index (Phi) is 77.3. The Bertz CT molecular complexity index is 2000. The van der Waals surface area contributed by atoms with E-state index in [1.165, 1.54) is 276 Å². The summed E-state index contributed by atoms with van der Waals surface area (Å²) in [5.74, 6) is -1.26. The van der Waals surface area contributed by atoms with Crippen LogP contribution in [0.5, 0.6) is 0 Å². The molecule has 0 saturated heterocycles. The molecular formula is C86H168O17P2. The monoisotopic (exact) mass is 1540 g/mol. The molecule has 0 aromatic rings. The first kappa shape index (κ1) is 103. The van der Waals surface area contributed by atoms with E-state index in [1.54, 1.807) is 0 Å². The van der Waals surface area contributed by atoms with Crippen molar-refractivity contribution in [3.8, 4) is 0 Å². The fourth-order valence-corrected chi connectivity index (χ4v) is 15.0. The molecule has 0 bridgehead atoms. The zero-order chi connectivity index (χ0) is 76.9. The molecule has 0 aliphatic heterocycles. The van der Waals surface area contributed by atoms with Gasteiger partial charge in [-0.05, 0) is 31.6 Å². The van der Waals surface area contributed by atoms with Crippen LogP contribution in [0.15, 0.2) is 0 Å². The molecular weight excluding hydrogens is 1370 g/mol. The van der Waals surface area contributed by atoms with Gasteiger partial charge in [-0.15, -0.1) is 0 Å². The molecule has 6 atom stereocenters. The van der Waals surface area contributed by atoms with Crippen molar-refractivity contribution in [3.05, 3.63) is 0 Å². The number of phosphoric ester groups is 2. The molecule has 0 amide bonds. The molecule has 0 saturated carbocycles. The van der Waals surface area contributed by atoms with Crippen molar-refractivity contribution in [1.29, 1.82) is 0 Å². The van der Waals surface area contributed by atoms with Crippen LogP contribution in [-0.4, -0.2) is 96.7 Å². The average Bonchev–Trinajstić information content (AvgIpc) is 0.906. The van der Waals surface area contributed by atoms with Crippen molar-refractivity contribution in [2.45, 2.75) is 483 Å². The number of unbranched alkanes of at least 4 members (excludes halogenated alkanes) is 57. The van der Waals surface area contributed by atoms with E-state index in [4.69, 9.17) is 37.0 Å². The Morgan fingerprint density at radius 1 is 0.267 bits per heavy atom. The fourth-order valence-electron chi connectivity index (χ4n) is 13.4. The molecule has 3 N–H and O–H groups in total. The van der Waals surface area contributed by atoms with Crippen LogP contribution in [0.4, 0.5) is 0 Å². The molecule has 105 heavy (non-hydrogen) atoms. The highest BCUT2D eigenvalue weighted by atomic mass is 31.2. The minimum Gasteiger partial charge on any atom is -0.462 e. The van der Waals surface area contributed by atoms with Crippen molar-refractivity contribution < 1.29 is 80.2 Å². The molecule has 0 aliphatic rings. The summed E-state index contributed by atoms with van der Waals surface area (Å²) in [5, 5.41) is 10.7. The minimum absolute atomic E-state index is 0.109. The highest BCUT2D eigenvalue weighted by Gasteiger charge is 2.30. The summed E-state index contributed by atoms with van der Waals surface area (Å²) >= 11 is 0. The van der Waals surface area contributed by atoms with Crippen LogP contribution < -0.4 is 0 Å². The molecule has 0 spiro atoms. The summed E-state index contributed by atoms with van der Waals surface area (Å²) in [4.78, 5) is 73.1. The Labute approximate surface area is 645 Å². The van der Waals surface area contributed by atoms with Gasteiger partial charge in [0.1, 0.15) is 19.3 Å². The summed E-state index contributed by atoms with van der Waals surface area (Å²) in [6, 6.07) is 0. The largest absolute Gasteiger partial charge is 0.472 e. The van der Waals surface area contributed by atoms with Crippen LogP contribution in [0.25, 0.3) is 0 Å². The number of phosphoric acid groups is 2. The number of hydrogen-bond acceptors (Lipinski definition) is 15. The second-order valence-electron chi connectivity index (χ2n) is 31.2. The molecule has 0 radical (unpaired) electrons. The van der Waals surface area contributed by atoms with E-state index in [2.05, 4.69) is 34.6 Å². The Hall–Kier alpha value is -1.94. The van der Waals surface area contributed by atoms with Crippen LogP contribution in [0, 0.1) is 5.92 Å². The molecule has 0 aromatic heterocycles. The highest BCUT2D eigenvalue weighted by molar-refractivity contribution is 7.47. The van der Waals surface area contributed by atoms with Crippen molar-refractivity contribution in [2.24, 2.45) is 5.92 Å². The van der Waals surface area contributed by atoms with Crippen molar-refractivity contribution in [1.82, 2.24) is 0 Å². The van der Waals surface area contributed by atoms with Gasteiger partial charge >= 0.3 is 39.5 Å². The maximum Gasteiger partial charge on any atom is 0.472 e. The van der Waals surface area contributed by atoms with Gasteiger partial charge in [0.25, 0.3) is 0 Å². The van der Waals surface area contributed by atoms with E-state index in [0.29, 0.717) is 25.7 Å². The summed E-state index contributed by atoms with van der Waals surface area (Å²) in [7, 11) is -9.92. The molecule has 0 aliphatic carbocycles. The van der Waals surface area contributed by atoms with Gasteiger partial charge in [-0.2, -0.15) is 0 Å². The number of aliphatic hydroxyl groups excluding tert-OH is 1. The van der Waals surface area contributed by atoms with Gasteiger partial charge in [-0.1, -0.05) is 413 Å². The standard InChI is InChI=1S/C86H168O17P2/c1-6-10-13-16-19-21-23-25-27-29-31-32-33-34-36-38-44-48-52-57-62-67-72-86(91)103-82(76-97-84(89)70-65-60-55-50-46-42-40-39-41-45-49-54-58-63-68-79(5)9-4)78-101-105(94,95)99-74-80(87)73-98-104(92,93)100-77-81(75-96-83(88)69-64-59-53-18-15-12-8-3)102-85(90)71-66-61-56-51-47-43-37-35-30-28-26-24-22-20-17-14-11-7-2/h79-82,87H,6-78H2,1-5H3,(H,92,93)(H,94,95)/t79?,80-,81+,82+/m0/s1. The predicted octanol–water partition coefficient (Wildman–Crippen LogP) is 26.4. The maximum absolute atomic E-state index is 13.1. The van der Waals surface area contributed by atoms with Crippen LogP contribution in [0.1, 0.15) is 465 Å². The van der Waals surface area contributed by atoms with Gasteiger partial charge in [0.15, 0.2) is 12.2 Å². The van der Waals surface area contributed by atoms with E-state index in [9.17, 15) is 43.2 Å². The van der Waals surface area contributed by atoms with E-state index < -0.39 is 97.5 Å². The van der Waals surface area contributed by atoms with Gasteiger partial charge in [0.05, 0.1) is 26.4 Å². The lowest BCUT2D eigenvalue weighted by molar-refractivity contribution is -0.161. The topological polar surface area (TPSA) is 237 Å². The van der Waals surface area contributed by atoms with Crippen molar-refractivity contribution in [3.63, 3.8) is 0 Å². The van der Waals surface area contributed by atoms with Crippen LogP contribution in [-0.2, 0) is 65.4 Å². The predicted molar refractivity (Wildman–Crippen MR) is 432 cm³/mol. The molecule has 0 heterocycles. The molecule has 624 valence electrons. The first-order valence-corrected chi connectivity index (χ1v) is 47.7. The molecule has 19 heteroatoms. The van der Waals surface area contributed by atoms with Crippen LogP contribution in [0.2, 0.25) is 0 Å². The number of esters is 4. The smallest absolute Gasteiger partial charge is 0.462 e. The zero-order valence-corrected chi connectivity index (χ0v) is 70.7. The number of hydrogen-bond donors (Lipinski definition) is 3. The maximum atomic E-state index is 13.1. The number of aliphatic hydroxyl groups is 1.